The first-order chi connectivity index (χ1) is 10.2. The molecule has 0 fully saturated rings. The fourth-order valence-corrected chi connectivity index (χ4v) is 2.79. The Morgan fingerprint density at radius 3 is 2.38 bits per heavy atom. The minimum Gasteiger partial charge on any atom is -0.495 e. The molecule has 2 aromatic rings. The Hall–Kier alpha value is -1.58. The van der Waals surface area contributed by atoms with E-state index in [-0.39, 0.29) is 5.38 Å². The molecule has 0 radical (unpaired) electrons. The molecule has 1 aliphatic heterocycles. The molecule has 1 unspecified atom stereocenters. The lowest BCUT2D eigenvalue weighted by Gasteiger charge is -2.20. The minimum absolute atomic E-state index is 0.316. The van der Waals surface area contributed by atoms with Crippen molar-refractivity contribution in [3.63, 3.8) is 0 Å². The van der Waals surface area contributed by atoms with Crippen molar-refractivity contribution in [3.05, 3.63) is 52.5 Å². The van der Waals surface area contributed by atoms with Crippen LogP contribution in [0.2, 0.25) is 5.02 Å². The quantitative estimate of drug-likeness (QED) is 0.781. The van der Waals surface area contributed by atoms with Gasteiger partial charge < -0.3 is 14.2 Å². The van der Waals surface area contributed by atoms with E-state index in [0.717, 1.165) is 22.6 Å². The Bertz CT molecular complexity index is 658. The van der Waals surface area contributed by atoms with Gasteiger partial charge in [-0.15, -0.1) is 11.6 Å². The predicted molar refractivity (Wildman–Crippen MR) is 83.1 cm³/mol. The first-order valence-electron chi connectivity index (χ1n) is 6.56. The number of ether oxygens (including phenoxy) is 3. The molecular weight excluding hydrogens is 311 g/mol. The molecular formula is C16H14Cl2O3. The van der Waals surface area contributed by atoms with Crippen molar-refractivity contribution in [3.8, 4) is 17.2 Å². The number of methoxy groups -OCH3 is 1. The van der Waals surface area contributed by atoms with E-state index < -0.39 is 0 Å². The van der Waals surface area contributed by atoms with Crippen LogP contribution in [0.15, 0.2) is 36.4 Å². The average molecular weight is 325 g/mol. The molecule has 0 saturated heterocycles. The summed E-state index contributed by atoms with van der Waals surface area (Å²) < 4.78 is 16.2. The minimum atomic E-state index is -0.316. The monoisotopic (exact) mass is 324 g/mol. The molecule has 3 nitrogen and oxygen atoms in total. The second-order valence-electron chi connectivity index (χ2n) is 4.66. The predicted octanol–water partition coefficient (Wildman–Crippen LogP) is 4.45. The first kappa shape index (κ1) is 14.4. The third-order valence-electron chi connectivity index (χ3n) is 3.33. The van der Waals surface area contributed by atoms with Crippen molar-refractivity contribution in [2.45, 2.75) is 5.38 Å². The normalized spacial score (nSPS) is 14.6. The highest BCUT2D eigenvalue weighted by Crippen LogP contribution is 2.38. The smallest absolute Gasteiger partial charge is 0.161 e. The van der Waals surface area contributed by atoms with Crippen molar-refractivity contribution in [2.24, 2.45) is 0 Å². The summed E-state index contributed by atoms with van der Waals surface area (Å²) in [6.45, 7) is 1.13. The fraction of sp³-hybridized carbons (Fsp3) is 0.250. The molecule has 0 N–H and O–H groups in total. The van der Waals surface area contributed by atoms with Crippen LogP contribution in [-0.2, 0) is 0 Å². The number of benzene rings is 2. The van der Waals surface area contributed by atoms with Crippen LogP contribution in [-0.4, -0.2) is 20.3 Å². The Kier molecular flexibility index (Phi) is 4.13. The van der Waals surface area contributed by atoms with E-state index in [0.29, 0.717) is 24.0 Å². The number of hydrogen-bond donors (Lipinski definition) is 0. The highest BCUT2D eigenvalue weighted by atomic mass is 35.5. The van der Waals surface area contributed by atoms with Crippen molar-refractivity contribution in [1.82, 2.24) is 0 Å². The van der Waals surface area contributed by atoms with Crippen molar-refractivity contribution >= 4 is 23.2 Å². The fourth-order valence-electron chi connectivity index (χ4n) is 2.25. The Morgan fingerprint density at radius 1 is 1.00 bits per heavy atom. The highest BCUT2D eigenvalue weighted by Gasteiger charge is 2.17. The van der Waals surface area contributed by atoms with Gasteiger partial charge >= 0.3 is 0 Å². The van der Waals surface area contributed by atoms with Gasteiger partial charge in [0.25, 0.3) is 0 Å². The molecule has 1 heterocycles. The molecule has 2 aromatic carbocycles. The molecule has 0 aromatic heterocycles. The van der Waals surface area contributed by atoms with Crippen LogP contribution in [0.25, 0.3) is 0 Å². The SMILES string of the molecule is COc1ccc(C(Cl)c2ccc3c(c2)OCCO3)cc1Cl. The summed E-state index contributed by atoms with van der Waals surface area (Å²) in [4.78, 5) is 0. The summed E-state index contributed by atoms with van der Waals surface area (Å²) in [5, 5.41) is 0.224. The van der Waals surface area contributed by atoms with Crippen LogP contribution >= 0.6 is 23.2 Å². The third-order valence-corrected chi connectivity index (χ3v) is 4.13. The van der Waals surface area contributed by atoms with Crippen LogP contribution < -0.4 is 14.2 Å². The standard InChI is InChI=1S/C16H14Cl2O3/c1-19-13-4-2-10(8-12(13)17)16(18)11-3-5-14-15(9-11)21-7-6-20-14/h2-5,8-9,16H,6-7H2,1H3. The number of alkyl halides is 1. The van der Waals surface area contributed by atoms with E-state index in [4.69, 9.17) is 37.4 Å². The van der Waals surface area contributed by atoms with Gasteiger partial charge in [-0.25, -0.2) is 0 Å². The average Bonchev–Trinajstić information content (AvgIpc) is 2.53. The molecule has 0 aliphatic carbocycles. The molecule has 0 saturated carbocycles. The van der Waals surface area contributed by atoms with Gasteiger partial charge in [0.15, 0.2) is 11.5 Å². The van der Waals surface area contributed by atoms with E-state index in [1.54, 1.807) is 7.11 Å². The Balaban J connectivity index is 1.91. The highest BCUT2D eigenvalue weighted by molar-refractivity contribution is 6.32. The van der Waals surface area contributed by atoms with Crippen LogP contribution in [0.4, 0.5) is 0 Å². The zero-order valence-electron chi connectivity index (χ0n) is 11.4. The van der Waals surface area contributed by atoms with Gasteiger partial charge in [-0.05, 0) is 35.4 Å². The largest absolute Gasteiger partial charge is 0.495 e. The van der Waals surface area contributed by atoms with Gasteiger partial charge in [-0.1, -0.05) is 23.7 Å². The summed E-state index contributed by atoms with van der Waals surface area (Å²) in [7, 11) is 1.58. The van der Waals surface area contributed by atoms with Crippen molar-refractivity contribution in [2.75, 3.05) is 20.3 Å². The summed E-state index contributed by atoms with van der Waals surface area (Å²) >= 11 is 12.7. The van der Waals surface area contributed by atoms with Gasteiger partial charge in [0.05, 0.1) is 17.5 Å². The maximum Gasteiger partial charge on any atom is 0.161 e. The first-order valence-corrected chi connectivity index (χ1v) is 7.37. The van der Waals surface area contributed by atoms with E-state index in [1.807, 2.05) is 36.4 Å². The van der Waals surface area contributed by atoms with Crippen LogP contribution in [0.3, 0.4) is 0 Å². The Labute approximate surface area is 133 Å². The molecule has 0 bridgehead atoms. The number of fused-ring (bicyclic) bond motifs is 1. The van der Waals surface area contributed by atoms with E-state index in [2.05, 4.69) is 0 Å². The van der Waals surface area contributed by atoms with Gasteiger partial charge in [-0.3, -0.25) is 0 Å². The van der Waals surface area contributed by atoms with Crippen molar-refractivity contribution in [1.29, 1.82) is 0 Å². The molecule has 1 aliphatic rings. The van der Waals surface area contributed by atoms with E-state index in [1.165, 1.54) is 0 Å². The van der Waals surface area contributed by atoms with Crippen LogP contribution in [0, 0.1) is 0 Å². The molecule has 110 valence electrons. The second kappa shape index (κ2) is 6.04. The summed E-state index contributed by atoms with van der Waals surface area (Å²) in [5.41, 5.74) is 1.83. The summed E-state index contributed by atoms with van der Waals surface area (Å²) in [5.74, 6) is 2.11. The van der Waals surface area contributed by atoms with Crippen LogP contribution in [0.1, 0.15) is 16.5 Å². The third kappa shape index (κ3) is 2.89. The van der Waals surface area contributed by atoms with Gasteiger partial charge in [-0.2, -0.15) is 0 Å². The van der Waals surface area contributed by atoms with Gasteiger partial charge in [0, 0.05) is 0 Å². The molecule has 0 spiro atoms. The lowest BCUT2D eigenvalue weighted by Crippen LogP contribution is -2.15. The van der Waals surface area contributed by atoms with Crippen molar-refractivity contribution < 1.29 is 14.2 Å². The lowest BCUT2D eigenvalue weighted by atomic mass is 10.0. The van der Waals surface area contributed by atoms with E-state index >= 15 is 0 Å². The molecule has 1 atom stereocenters. The maximum atomic E-state index is 6.55. The molecule has 0 amide bonds. The number of rotatable bonds is 3. The summed E-state index contributed by atoms with van der Waals surface area (Å²) in [6.07, 6.45) is 0. The molecule has 21 heavy (non-hydrogen) atoms. The maximum absolute atomic E-state index is 6.55. The Morgan fingerprint density at radius 2 is 1.67 bits per heavy atom. The zero-order chi connectivity index (χ0) is 14.8. The zero-order valence-corrected chi connectivity index (χ0v) is 12.9. The van der Waals surface area contributed by atoms with Crippen LogP contribution in [0.5, 0.6) is 17.2 Å². The van der Waals surface area contributed by atoms with E-state index in [9.17, 15) is 0 Å². The topological polar surface area (TPSA) is 27.7 Å². The number of hydrogen-bond acceptors (Lipinski definition) is 3. The lowest BCUT2D eigenvalue weighted by molar-refractivity contribution is 0.171. The van der Waals surface area contributed by atoms with Gasteiger partial charge in [0.2, 0.25) is 0 Å². The molecule has 3 rings (SSSR count). The molecule has 5 heteroatoms. The summed E-state index contributed by atoms with van der Waals surface area (Å²) in [6, 6.07) is 11.2. The van der Waals surface area contributed by atoms with Gasteiger partial charge in [0.1, 0.15) is 19.0 Å². The number of halogens is 2. The second-order valence-corrected chi connectivity index (χ2v) is 5.50.